The van der Waals surface area contributed by atoms with Gasteiger partial charge in [0.2, 0.25) is 0 Å². The molecule has 3 rings (SSSR count). The summed E-state index contributed by atoms with van der Waals surface area (Å²) in [7, 11) is -1.70. The largest absolute Gasteiger partial charge is 0.288 e. The Labute approximate surface area is 199 Å². The summed E-state index contributed by atoms with van der Waals surface area (Å²) in [6.45, 7) is 6.05. The van der Waals surface area contributed by atoms with E-state index in [1.165, 1.54) is 59.5 Å². The summed E-state index contributed by atoms with van der Waals surface area (Å²) in [5.41, 5.74) is 0. The molecule has 0 radical (unpaired) electrons. The van der Waals surface area contributed by atoms with Gasteiger partial charge in [0.25, 0.3) is 0 Å². The van der Waals surface area contributed by atoms with Gasteiger partial charge in [-0.2, -0.15) is 0 Å². The number of hydrogen-bond donors (Lipinski definition) is 0. The van der Waals surface area contributed by atoms with E-state index < -0.39 is 7.26 Å². The first-order valence-electron chi connectivity index (χ1n) is 11.7. The average Bonchev–Trinajstić information content (AvgIpc) is 2.80. The number of hydrogen-bond acceptors (Lipinski definition) is 2. The Morgan fingerprint density at radius 2 is 1.09 bits per heavy atom. The summed E-state index contributed by atoms with van der Waals surface area (Å²) in [5.74, 6) is 0. The van der Waals surface area contributed by atoms with E-state index >= 15 is 0 Å². The van der Waals surface area contributed by atoms with Gasteiger partial charge < -0.3 is 0 Å². The smallest absolute Gasteiger partial charge is 0.186 e. The Hall–Kier alpha value is -1.89. The zero-order chi connectivity index (χ0) is 22.9. The second kappa shape index (κ2) is 11.8. The second-order valence-corrected chi connectivity index (χ2v) is 14.6. The van der Waals surface area contributed by atoms with Gasteiger partial charge >= 0.3 is 0 Å². The van der Waals surface area contributed by atoms with Crippen LogP contribution in [-0.4, -0.2) is 16.0 Å². The lowest BCUT2D eigenvalue weighted by atomic mass is 10.0. The van der Waals surface area contributed by atoms with Crippen molar-refractivity contribution in [2.75, 3.05) is 6.16 Å². The molecular weight excluding hydrogens is 427 g/mol. The van der Waals surface area contributed by atoms with Crippen LogP contribution in [0, 0.1) is 0 Å². The molecule has 0 unspecified atom stereocenters. The van der Waals surface area contributed by atoms with E-state index in [4.69, 9.17) is 0 Å². The van der Waals surface area contributed by atoms with Gasteiger partial charge in [-0.1, -0.05) is 93.0 Å². The molecule has 3 aromatic rings. The summed E-state index contributed by atoms with van der Waals surface area (Å²) in [6.07, 6.45) is 7.13. The molecule has 3 heteroatoms. The topological polar surface area (TPSA) is 17.1 Å². The van der Waals surface area contributed by atoms with Gasteiger partial charge in [0.05, 0.1) is 6.16 Å². The molecule has 0 aromatic heterocycles. The van der Waals surface area contributed by atoms with Crippen molar-refractivity contribution in [1.82, 2.24) is 0 Å². The van der Waals surface area contributed by atoms with Gasteiger partial charge in [0.1, 0.15) is 23.2 Å². The maximum absolute atomic E-state index is 11.5. The molecule has 0 N–H and O–H groups in total. The lowest BCUT2D eigenvalue weighted by Crippen LogP contribution is -2.33. The molecule has 0 fully saturated rings. The van der Waals surface area contributed by atoms with Crippen molar-refractivity contribution < 1.29 is 4.79 Å². The van der Waals surface area contributed by atoms with Gasteiger partial charge in [-0.25, -0.2) is 0 Å². The number of thioether (sulfide) groups is 1. The fourth-order valence-corrected chi connectivity index (χ4v) is 10.0. The Morgan fingerprint density at radius 3 is 1.50 bits per heavy atom. The molecule has 0 aliphatic rings. The maximum Gasteiger partial charge on any atom is 0.186 e. The summed E-state index contributed by atoms with van der Waals surface area (Å²) in [6, 6.07) is 33.4. The maximum atomic E-state index is 11.5. The number of rotatable bonds is 11. The van der Waals surface area contributed by atoms with E-state index in [0.29, 0.717) is 0 Å². The Balaban J connectivity index is 1.78. The van der Waals surface area contributed by atoms with Crippen LogP contribution >= 0.6 is 19.0 Å². The molecule has 0 atom stereocenters. The lowest BCUT2D eigenvalue weighted by molar-refractivity contribution is -0.109. The minimum atomic E-state index is -1.70. The van der Waals surface area contributed by atoms with Gasteiger partial charge in [0, 0.05) is 11.7 Å². The van der Waals surface area contributed by atoms with Crippen molar-refractivity contribution in [2.24, 2.45) is 0 Å². The zero-order valence-corrected chi connectivity index (χ0v) is 21.4. The number of unbranched alkanes of at least 4 members (excludes halogenated alkanes) is 3. The molecule has 32 heavy (non-hydrogen) atoms. The van der Waals surface area contributed by atoms with Crippen LogP contribution in [0.2, 0.25) is 0 Å². The Kier molecular flexibility index (Phi) is 9.14. The average molecular weight is 464 g/mol. The molecule has 3 aromatic carbocycles. The molecular formula is C29H36OPS+. The van der Waals surface area contributed by atoms with Gasteiger partial charge in [-0.05, 0) is 55.7 Å². The molecule has 0 heterocycles. The van der Waals surface area contributed by atoms with Gasteiger partial charge in [-0.15, -0.1) is 0 Å². The molecule has 0 aliphatic carbocycles. The first-order chi connectivity index (χ1) is 15.4. The van der Waals surface area contributed by atoms with Crippen molar-refractivity contribution in [3.05, 3.63) is 91.0 Å². The van der Waals surface area contributed by atoms with Crippen molar-refractivity contribution >= 4 is 40.1 Å². The normalized spacial score (nSPS) is 12.0. The summed E-state index contributed by atoms with van der Waals surface area (Å²) in [5, 5.41) is 4.63. The van der Waals surface area contributed by atoms with Crippen LogP contribution in [0.1, 0.15) is 52.9 Å². The third kappa shape index (κ3) is 6.56. The highest BCUT2D eigenvalue weighted by molar-refractivity contribution is 8.14. The summed E-state index contributed by atoms with van der Waals surface area (Å²) < 4.78 is 0.0424. The monoisotopic (exact) mass is 463 g/mol. The first kappa shape index (κ1) is 24.7. The predicted molar refractivity (Wildman–Crippen MR) is 145 cm³/mol. The molecule has 0 saturated carbocycles. The van der Waals surface area contributed by atoms with Crippen molar-refractivity contribution in [2.45, 2.75) is 57.6 Å². The van der Waals surface area contributed by atoms with E-state index in [2.05, 4.69) is 105 Å². The highest BCUT2D eigenvalue weighted by Crippen LogP contribution is 2.56. The van der Waals surface area contributed by atoms with Crippen molar-refractivity contribution in [1.29, 1.82) is 0 Å². The van der Waals surface area contributed by atoms with Crippen molar-refractivity contribution in [3.8, 4) is 0 Å². The Morgan fingerprint density at radius 1 is 0.688 bits per heavy atom. The van der Waals surface area contributed by atoms with Crippen molar-refractivity contribution in [3.63, 3.8) is 0 Å². The molecule has 1 nitrogen and oxygen atoms in total. The lowest BCUT2D eigenvalue weighted by Gasteiger charge is -2.28. The highest BCUT2D eigenvalue weighted by atomic mass is 32.2. The second-order valence-electron chi connectivity index (χ2n) is 9.06. The van der Waals surface area contributed by atoms with Crippen LogP contribution in [0.25, 0.3) is 0 Å². The van der Waals surface area contributed by atoms with Gasteiger partial charge in [0.15, 0.2) is 5.12 Å². The van der Waals surface area contributed by atoms with Crippen LogP contribution in [0.3, 0.4) is 0 Å². The number of carbonyl (C=O) groups excluding carboxylic acids is 1. The highest BCUT2D eigenvalue weighted by Gasteiger charge is 2.44. The van der Waals surface area contributed by atoms with E-state index in [1.807, 2.05) is 0 Å². The van der Waals surface area contributed by atoms with E-state index in [0.717, 1.165) is 6.42 Å². The standard InChI is InChI=1S/C29H36OPS/c1-25(30)32-29(2,3)23-15-4-5-16-24-31(26-17-9-6-10-18-26,27-19-11-7-12-20-27)28-21-13-8-14-22-28/h6-14,17-22H,4-5,15-16,23-24H2,1-3H3/q+1. The minimum Gasteiger partial charge on any atom is -0.288 e. The molecule has 0 amide bonds. The third-order valence-electron chi connectivity index (χ3n) is 6.03. The number of benzene rings is 3. The molecule has 0 saturated heterocycles. The van der Waals surface area contributed by atoms with Crippen LogP contribution < -0.4 is 15.9 Å². The molecule has 0 bridgehead atoms. The van der Waals surface area contributed by atoms with Gasteiger partial charge in [-0.3, -0.25) is 4.79 Å². The molecule has 0 aliphatic heterocycles. The summed E-state index contributed by atoms with van der Waals surface area (Å²) >= 11 is 1.48. The van der Waals surface area contributed by atoms with E-state index in [9.17, 15) is 4.79 Å². The quantitative estimate of drug-likeness (QED) is 0.225. The van der Waals surface area contributed by atoms with Crippen LogP contribution in [-0.2, 0) is 4.79 Å². The fourth-order valence-electron chi connectivity index (χ4n) is 4.58. The van der Waals surface area contributed by atoms with E-state index in [-0.39, 0.29) is 9.86 Å². The number of carbonyl (C=O) groups is 1. The third-order valence-corrected chi connectivity index (χ3v) is 11.6. The Bertz CT molecular complexity index is 858. The van der Waals surface area contributed by atoms with Crippen LogP contribution in [0.5, 0.6) is 0 Å². The summed E-state index contributed by atoms with van der Waals surface area (Å²) in [4.78, 5) is 11.5. The molecule has 168 valence electrons. The SMILES string of the molecule is CC(=O)SC(C)(C)CCCCCC[P+](c1ccccc1)(c1ccccc1)c1ccccc1. The minimum absolute atomic E-state index is 0.0424. The zero-order valence-electron chi connectivity index (χ0n) is 19.7. The van der Waals surface area contributed by atoms with E-state index in [1.54, 1.807) is 6.92 Å². The predicted octanol–water partition coefficient (Wildman–Crippen LogP) is 6.99. The van der Waals surface area contributed by atoms with Crippen LogP contribution in [0.4, 0.5) is 0 Å². The fraction of sp³-hybridized carbons (Fsp3) is 0.345. The molecule has 0 spiro atoms. The first-order valence-corrected chi connectivity index (χ1v) is 14.5. The van der Waals surface area contributed by atoms with Crippen LogP contribution in [0.15, 0.2) is 91.0 Å².